The maximum Gasteiger partial charge on any atom is 0.442 e. The van der Waals surface area contributed by atoms with Crippen LogP contribution in [0.15, 0.2) is 0 Å². The van der Waals surface area contributed by atoms with E-state index in [1.165, 1.54) is 4.90 Å². The summed E-state index contributed by atoms with van der Waals surface area (Å²) >= 11 is -0.165. The summed E-state index contributed by atoms with van der Waals surface area (Å²) in [5.41, 5.74) is -4.40. The maximum absolute atomic E-state index is 14.8. The van der Waals surface area contributed by atoms with Gasteiger partial charge in [-0.25, -0.2) is 0 Å². The van der Waals surface area contributed by atoms with Crippen molar-refractivity contribution >= 4 is 35.4 Å². The van der Waals surface area contributed by atoms with Crippen LogP contribution in [0.5, 0.6) is 0 Å². The van der Waals surface area contributed by atoms with E-state index in [0.29, 0.717) is 25.8 Å². The third-order valence-corrected chi connectivity index (χ3v) is 9.12. The molecule has 4 aliphatic rings. The predicted molar refractivity (Wildman–Crippen MR) is 120 cm³/mol. The SMILES string of the molecule is O=C1CCC(N2CC3CC(CNC(=O)C(F)(F)C4CCC(SC(F)(F)F)CC4)CCC3C2=O)C(=O)N1. The van der Waals surface area contributed by atoms with E-state index >= 15 is 0 Å². The number of likely N-dealkylation sites (tertiary alicyclic amines) is 1. The Balaban J connectivity index is 1.25. The second-order valence-corrected chi connectivity index (χ2v) is 11.7. The van der Waals surface area contributed by atoms with Crippen molar-refractivity contribution in [1.82, 2.24) is 15.5 Å². The molecule has 36 heavy (non-hydrogen) atoms. The van der Waals surface area contributed by atoms with E-state index in [-0.39, 0.29) is 86.4 Å². The van der Waals surface area contributed by atoms with Crippen LogP contribution in [0.2, 0.25) is 0 Å². The van der Waals surface area contributed by atoms with Gasteiger partial charge in [0.1, 0.15) is 6.04 Å². The van der Waals surface area contributed by atoms with Crippen LogP contribution in [-0.2, 0) is 19.2 Å². The Labute approximate surface area is 209 Å². The topological polar surface area (TPSA) is 95.6 Å². The van der Waals surface area contributed by atoms with Gasteiger partial charge in [-0.3, -0.25) is 24.5 Å². The molecule has 4 atom stereocenters. The van der Waals surface area contributed by atoms with Crippen molar-refractivity contribution < 1.29 is 41.1 Å². The molecule has 2 saturated carbocycles. The van der Waals surface area contributed by atoms with E-state index in [4.69, 9.17) is 0 Å². The second-order valence-electron chi connectivity index (χ2n) is 10.4. The van der Waals surface area contributed by atoms with Gasteiger partial charge in [0.2, 0.25) is 17.7 Å². The zero-order valence-corrected chi connectivity index (χ0v) is 20.4. The maximum atomic E-state index is 14.8. The van der Waals surface area contributed by atoms with E-state index in [9.17, 15) is 41.1 Å². The third-order valence-electron chi connectivity index (χ3n) is 8.05. The number of nitrogens with one attached hydrogen (secondary N) is 2. The van der Waals surface area contributed by atoms with Crippen LogP contribution in [0.1, 0.15) is 57.8 Å². The minimum Gasteiger partial charge on any atom is -0.351 e. The lowest BCUT2D eigenvalue weighted by atomic mass is 9.75. The highest BCUT2D eigenvalue weighted by Gasteiger charge is 2.50. The number of hydrogen-bond donors (Lipinski definition) is 2. The molecule has 0 spiro atoms. The Hall–Kier alpha value is -1.92. The molecular weight excluding hydrogens is 509 g/mol. The molecule has 0 aromatic rings. The highest BCUT2D eigenvalue weighted by molar-refractivity contribution is 8.00. The molecule has 2 aliphatic carbocycles. The normalized spacial score (nSPS) is 33.8. The first kappa shape index (κ1) is 27.1. The first-order chi connectivity index (χ1) is 16.8. The van der Waals surface area contributed by atoms with Gasteiger partial charge < -0.3 is 10.2 Å². The fraction of sp³-hybridized carbons (Fsp3) is 0.826. The summed E-state index contributed by atoms with van der Waals surface area (Å²) in [5, 5.41) is 3.84. The molecule has 0 bridgehead atoms. The molecule has 4 amide bonds. The van der Waals surface area contributed by atoms with Crippen molar-refractivity contribution in [3.05, 3.63) is 0 Å². The summed E-state index contributed by atoms with van der Waals surface area (Å²) in [4.78, 5) is 50.3. The number of rotatable bonds is 6. The van der Waals surface area contributed by atoms with Crippen molar-refractivity contribution in [3.63, 3.8) is 0 Å². The monoisotopic (exact) mass is 539 g/mol. The standard InChI is InChI=1S/C23H30F5N3O4S/c24-22(25,14-2-4-15(5-3-14)36-23(26,27)28)21(35)29-10-12-1-6-16-13(9-12)11-31(20(16)34)17-7-8-18(32)30-19(17)33/h12-17H,1-11H2,(H,29,35)(H,30,32,33). The van der Waals surface area contributed by atoms with Crippen molar-refractivity contribution in [2.24, 2.45) is 23.7 Å². The van der Waals surface area contributed by atoms with Gasteiger partial charge >= 0.3 is 11.4 Å². The average molecular weight is 540 g/mol. The fourth-order valence-corrected chi connectivity index (χ4v) is 7.05. The lowest BCUT2D eigenvalue weighted by Crippen LogP contribution is -2.53. The summed E-state index contributed by atoms with van der Waals surface area (Å²) in [6, 6.07) is -0.678. The van der Waals surface area contributed by atoms with Crippen molar-refractivity contribution in [3.8, 4) is 0 Å². The molecule has 2 heterocycles. The third kappa shape index (κ3) is 5.96. The minimum absolute atomic E-state index is 0.0128. The van der Waals surface area contributed by atoms with Gasteiger partial charge in [0.05, 0.1) is 0 Å². The Morgan fingerprint density at radius 1 is 1.00 bits per heavy atom. The highest BCUT2D eigenvalue weighted by Crippen LogP contribution is 2.45. The van der Waals surface area contributed by atoms with Crippen LogP contribution < -0.4 is 10.6 Å². The molecule has 4 fully saturated rings. The van der Waals surface area contributed by atoms with Gasteiger partial charge in [-0.05, 0) is 75.0 Å². The van der Waals surface area contributed by atoms with Crippen LogP contribution in [0, 0.1) is 23.7 Å². The van der Waals surface area contributed by atoms with E-state index in [1.807, 2.05) is 0 Å². The molecule has 0 aromatic carbocycles. The number of fused-ring (bicyclic) bond motifs is 1. The Morgan fingerprint density at radius 3 is 2.33 bits per heavy atom. The average Bonchev–Trinajstić information content (AvgIpc) is 3.12. The number of hydrogen-bond acceptors (Lipinski definition) is 5. The summed E-state index contributed by atoms with van der Waals surface area (Å²) in [7, 11) is 0. The van der Waals surface area contributed by atoms with E-state index in [1.54, 1.807) is 0 Å². The predicted octanol–water partition coefficient (Wildman–Crippen LogP) is 3.23. The van der Waals surface area contributed by atoms with Gasteiger partial charge in [0.25, 0.3) is 5.91 Å². The smallest absolute Gasteiger partial charge is 0.351 e. The number of alkyl halides is 5. The minimum atomic E-state index is -4.40. The van der Waals surface area contributed by atoms with Crippen LogP contribution in [0.4, 0.5) is 22.0 Å². The molecule has 4 unspecified atom stereocenters. The molecule has 7 nitrogen and oxygen atoms in total. The van der Waals surface area contributed by atoms with Gasteiger partial charge in [-0.1, -0.05) is 0 Å². The number of carbonyl (C=O) groups excluding carboxylic acids is 4. The van der Waals surface area contributed by atoms with Gasteiger partial charge in [-0.2, -0.15) is 22.0 Å². The van der Waals surface area contributed by atoms with Crippen LogP contribution >= 0.6 is 11.8 Å². The second kappa shape index (κ2) is 10.4. The number of piperidine rings is 1. The van der Waals surface area contributed by atoms with E-state index in [2.05, 4.69) is 10.6 Å². The van der Waals surface area contributed by atoms with Crippen LogP contribution in [0.3, 0.4) is 0 Å². The molecule has 2 N–H and O–H groups in total. The molecule has 2 saturated heterocycles. The number of thioether (sulfide) groups is 1. The molecule has 2 aliphatic heterocycles. The van der Waals surface area contributed by atoms with Crippen molar-refractivity contribution in [2.75, 3.05) is 13.1 Å². The molecule has 4 rings (SSSR count). The number of carbonyl (C=O) groups is 4. The molecular formula is C23H30F5N3O4S. The summed E-state index contributed by atoms with van der Waals surface area (Å²) in [6.07, 6.45) is 1.79. The fourth-order valence-electron chi connectivity index (χ4n) is 6.16. The summed E-state index contributed by atoms with van der Waals surface area (Å²) in [6.45, 7) is 0.388. The van der Waals surface area contributed by atoms with Gasteiger partial charge in [0.15, 0.2) is 0 Å². The Bertz CT molecular complexity index is 893. The lowest BCUT2D eigenvalue weighted by Gasteiger charge is -2.34. The molecule has 0 aromatic heterocycles. The number of imide groups is 1. The lowest BCUT2D eigenvalue weighted by molar-refractivity contribution is -0.156. The number of nitrogens with zero attached hydrogens (tertiary/aromatic N) is 1. The Morgan fingerprint density at radius 2 is 1.69 bits per heavy atom. The van der Waals surface area contributed by atoms with Gasteiger partial charge in [0, 0.05) is 36.6 Å². The zero-order chi connectivity index (χ0) is 26.3. The number of amides is 4. The molecule has 202 valence electrons. The van der Waals surface area contributed by atoms with E-state index < -0.39 is 40.5 Å². The van der Waals surface area contributed by atoms with Crippen LogP contribution in [-0.4, -0.2) is 64.3 Å². The van der Waals surface area contributed by atoms with Crippen LogP contribution in [0.25, 0.3) is 0 Å². The first-order valence-corrected chi connectivity index (χ1v) is 13.3. The first-order valence-electron chi connectivity index (χ1n) is 12.4. The molecule has 0 radical (unpaired) electrons. The van der Waals surface area contributed by atoms with E-state index in [0.717, 1.165) is 0 Å². The summed E-state index contributed by atoms with van der Waals surface area (Å²) < 4.78 is 67.1. The quantitative estimate of drug-likeness (QED) is 0.399. The van der Waals surface area contributed by atoms with Gasteiger partial charge in [-0.15, -0.1) is 0 Å². The summed E-state index contributed by atoms with van der Waals surface area (Å²) in [5.74, 6) is -7.71. The highest BCUT2D eigenvalue weighted by atomic mass is 32.2. The van der Waals surface area contributed by atoms with Crippen molar-refractivity contribution in [2.45, 2.75) is 80.5 Å². The zero-order valence-electron chi connectivity index (χ0n) is 19.6. The van der Waals surface area contributed by atoms with Crippen molar-refractivity contribution in [1.29, 1.82) is 0 Å². The Kier molecular flexibility index (Phi) is 7.87. The number of halogens is 5. The largest absolute Gasteiger partial charge is 0.442 e. The molecule has 13 heteroatoms.